The molecule has 0 bridgehead atoms. The maximum Gasteiger partial charge on any atom is 0.0616 e. The van der Waals surface area contributed by atoms with Gasteiger partial charge in [-0.1, -0.05) is 13.8 Å². The molecule has 2 rings (SSSR count). The van der Waals surface area contributed by atoms with Crippen LogP contribution in [0.1, 0.15) is 32.3 Å². The number of aliphatic hydroxyl groups excluding tert-OH is 1. The standard InChI is InChI=1S/C15H27N3OS/c1-13(2)9-18-11-14(8-16-18)10-17(3)15(12-19)4-6-20-7-5-15/h8,11,13,19H,4-7,9-10,12H2,1-3H3. The molecule has 1 N–H and O–H groups in total. The average Bonchev–Trinajstić information content (AvgIpc) is 2.85. The van der Waals surface area contributed by atoms with E-state index in [0.717, 1.165) is 37.4 Å². The zero-order valence-electron chi connectivity index (χ0n) is 12.9. The molecule has 0 spiro atoms. The summed E-state index contributed by atoms with van der Waals surface area (Å²) in [6, 6.07) is 0. The second-order valence-electron chi connectivity index (χ2n) is 6.32. The normalized spacial score (nSPS) is 18.9. The highest BCUT2D eigenvalue weighted by atomic mass is 32.2. The fourth-order valence-electron chi connectivity index (χ4n) is 2.82. The Labute approximate surface area is 126 Å². The largest absolute Gasteiger partial charge is 0.394 e. The number of hydrogen-bond donors (Lipinski definition) is 1. The Morgan fingerprint density at radius 3 is 2.75 bits per heavy atom. The topological polar surface area (TPSA) is 41.3 Å². The van der Waals surface area contributed by atoms with Crippen LogP contribution in [0.15, 0.2) is 12.4 Å². The van der Waals surface area contributed by atoms with E-state index in [-0.39, 0.29) is 12.1 Å². The van der Waals surface area contributed by atoms with Crippen molar-refractivity contribution in [2.24, 2.45) is 5.92 Å². The molecule has 0 unspecified atom stereocenters. The van der Waals surface area contributed by atoms with Crippen LogP contribution in [-0.2, 0) is 13.1 Å². The van der Waals surface area contributed by atoms with E-state index >= 15 is 0 Å². The predicted molar refractivity (Wildman–Crippen MR) is 84.9 cm³/mol. The van der Waals surface area contributed by atoms with Gasteiger partial charge in [0, 0.05) is 30.4 Å². The molecule has 5 heteroatoms. The fraction of sp³-hybridized carbons (Fsp3) is 0.800. The van der Waals surface area contributed by atoms with Gasteiger partial charge in [0.25, 0.3) is 0 Å². The van der Waals surface area contributed by atoms with Gasteiger partial charge in [-0.3, -0.25) is 9.58 Å². The molecule has 114 valence electrons. The Morgan fingerprint density at radius 1 is 1.45 bits per heavy atom. The number of rotatable bonds is 6. The third-order valence-electron chi connectivity index (χ3n) is 4.19. The summed E-state index contributed by atoms with van der Waals surface area (Å²) in [5, 5.41) is 14.3. The Balaban J connectivity index is 1.99. The minimum absolute atomic E-state index is 0.0363. The van der Waals surface area contributed by atoms with Crippen molar-refractivity contribution in [2.75, 3.05) is 25.2 Å². The molecule has 1 aromatic rings. The van der Waals surface area contributed by atoms with Crippen molar-refractivity contribution < 1.29 is 5.11 Å². The maximum atomic E-state index is 9.84. The van der Waals surface area contributed by atoms with Gasteiger partial charge in [0.15, 0.2) is 0 Å². The van der Waals surface area contributed by atoms with E-state index < -0.39 is 0 Å². The smallest absolute Gasteiger partial charge is 0.0616 e. The summed E-state index contributed by atoms with van der Waals surface area (Å²) in [6.07, 6.45) is 6.25. The highest BCUT2D eigenvalue weighted by Gasteiger charge is 2.35. The molecule has 1 aromatic heterocycles. The number of likely N-dealkylation sites (N-methyl/N-ethyl adjacent to an activating group) is 1. The van der Waals surface area contributed by atoms with Gasteiger partial charge in [-0.15, -0.1) is 0 Å². The molecule has 0 amide bonds. The van der Waals surface area contributed by atoms with E-state index in [0.29, 0.717) is 5.92 Å². The molecule has 1 fully saturated rings. The fourth-order valence-corrected chi connectivity index (χ4v) is 4.07. The number of nitrogens with zero attached hydrogens (tertiary/aromatic N) is 3. The number of hydrogen-bond acceptors (Lipinski definition) is 4. The molecule has 0 radical (unpaired) electrons. The molecular formula is C15H27N3OS. The van der Waals surface area contributed by atoms with Crippen LogP contribution in [0.3, 0.4) is 0 Å². The first kappa shape index (κ1) is 15.9. The quantitative estimate of drug-likeness (QED) is 0.874. The molecule has 0 aliphatic carbocycles. The predicted octanol–water partition coefficient (Wildman–Crippen LogP) is 2.23. The molecule has 20 heavy (non-hydrogen) atoms. The summed E-state index contributed by atoms with van der Waals surface area (Å²) in [5.41, 5.74) is 1.20. The third-order valence-corrected chi connectivity index (χ3v) is 5.17. The first-order valence-electron chi connectivity index (χ1n) is 7.47. The van der Waals surface area contributed by atoms with E-state index in [1.165, 1.54) is 5.56 Å². The minimum atomic E-state index is -0.0363. The Kier molecular flexibility index (Phi) is 5.52. The Hall–Kier alpha value is -0.520. The van der Waals surface area contributed by atoms with Crippen LogP contribution >= 0.6 is 11.8 Å². The molecular weight excluding hydrogens is 270 g/mol. The molecule has 4 nitrogen and oxygen atoms in total. The van der Waals surface area contributed by atoms with Gasteiger partial charge in [-0.25, -0.2) is 0 Å². The average molecular weight is 297 g/mol. The van der Waals surface area contributed by atoms with Crippen LogP contribution in [0.2, 0.25) is 0 Å². The van der Waals surface area contributed by atoms with Crippen molar-refractivity contribution in [1.29, 1.82) is 0 Å². The zero-order valence-corrected chi connectivity index (χ0v) is 13.7. The lowest BCUT2D eigenvalue weighted by Crippen LogP contribution is -2.51. The summed E-state index contributed by atoms with van der Waals surface area (Å²) < 4.78 is 2.02. The summed E-state index contributed by atoms with van der Waals surface area (Å²) in [5.74, 6) is 2.91. The van der Waals surface area contributed by atoms with Crippen LogP contribution in [-0.4, -0.2) is 50.5 Å². The van der Waals surface area contributed by atoms with Crippen molar-refractivity contribution in [3.05, 3.63) is 18.0 Å². The molecule has 0 aromatic carbocycles. The summed E-state index contributed by atoms with van der Waals surface area (Å²) in [7, 11) is 2.13. The number of aliphatic hydroxyl groups is 1. The van der Waals surface area contributed by atoms with E-state index in [9.17, 15) is 5.11 Å². The monoisotopic (exact) mass is 297 g/mol. The summed E-state index contributed by atoms with van der Waals surface area (Å²) in [4.78, 5) is 2.32. The lowest BCUT2D eigenvalue weighted by atomic mass is 9.91. The van der Waals surface area contributed by atoms with Gasteiger partial charge >= 0.3 is 0 Å². The number of aromatic nitrogens is 2. The maximum absolute atomic E-state index is 9.84. The van der Waals surface area contributed by atoms with E-state index in [4.69, 9.17) is 0 Å². The lowest BCUT2D eigenvalue weighted by Gasteiger charge is -2.43. The highest BCUT2D eigenvalue weighted by molar-refractivity contribution is 7.99. The Bertz CT molecular complexity index is 413. The van der Waals surface area contributed by atoms with E-state index in [1.54, 1.807) is 0 Å². The van der Waals surface area contributed by atoms with Crippen LogP contribution in [0, 0.1) is 5.92 Å². The van der Waals surface area contributed by atoms with Crippen molar-refractivity contribution >= 4 is 11.8 Å². The molecule has 0 saturated carbocycles. The Morgan fingerprint density at radius 2 is 2.15 bits per heavy atom. The van der Waals surface area contributed by atoms with Gasteiger partial charge in [0.2, 0.25) is 0 Å². The van der Waals surface area contributed by atoms with Crippen molar-refractivity contribution in [3.8, 4) is 0 Å². The van der Waals surface area contributed by atoms with Gasteiger partial charge < -0.3 is 5.11 Å². The first-order chi connectivity index (χ1) is 9.55. The second kappa shape index (κ2) is 6.96. The summed E-state index contributed by atoms with van der Waals surface area (Å²) >= 11 is 1.99. The van der Waals surface area contributed by atoms with Crippen molar-refractivity contribution in [1.82, 2.24) is 14.7 Å². The minimum Gasteiger partial charge on any atom is -0.394 e. The summed E-state index contributed by atoms with van der Waals surface area (Å²) in [6.45, 7) is 6.49. The van der Waals surface area contributed by atoms with Gasteiger partial charge in [0.05, 0.1) is 12.8 Å². The second-order valence-corrected chi connectivity index (χ2v) is 7.54. The van der Waals surface area contributed by atoms with Crippen molar-refractivity contribution in [3.63, 3.8) is 0 Å². The first-order valence-corrected chi connectivity index (χ1v) is 8.62. The molecule has 1 aliphatic heterocycles. The van der Waals surface area contributed by atoms with E-state index in [2.05, 4.69) is 37.1 Å². The number of thioether (sulfide) groups is 1. The SMILES string of the molecule is CC(C)Cn1cc(CN(C)C2(CO)CCSCC2)cn1. The molecule has 1 aliphatic rings. The molecule has 0 atom stereocenters. The van der Waals surface area contributed by atoms with Gasteiger partial charge in [-0.05, 0) is 37.3 Å². The van der Waals surface area contributed by atoms with Crippen molar-refractivity contribution in [2.45, 2.75) is 45.3 Å². The zero-order chi connectivity index (χ0) is 14.6. The lowest BCUT2D eigenvalue weighted by molar-refractivity contribution is 0.0361. The van der Waals surface area contributed by atoms with Gasteiger partial charge in [-0.2, -0.15) is 16.9 Å². The van der Waals surface area contributed by atoms with E-state index in [1.807, 2.05) is 22.6 Å². The van der Waals surface area contributed by atoms with Gasteiger partial charge in [0.1, 0.15) is 0 Å². The van der Waals surface area contributed by atoms with Crippen LogP contribution in [0.5, 0.6) is 0 Å². The van der Waals surface area contributed by atoms with Crippen LogP contribution < -0.4 is 0 Å². The van der Waals surface area contributed by atoms with Crippen LogP contribution in [0.25, 0.3) is 0 Å². The molecule has 1 saturated heterocycles. The van der Waals surface area contributed by atoms with Crippen LogP contribution in [0.4, 0.5) is 0 Å². The highest BCUT2D eigenvalue weighted by Crippen LogP contribution is 2.32. The molecule has 2 heterocycles. The third kappa shape index (κ3) is 3.77.